The number of carbonyl (C=O) groups excluding carboxylic acids is 2. The monoisotopic (exact) mass is 478 g/mol. The zero-order chi connectivity index (χ0) is 23.2. The van der Waals surface area contributed by atoms with Gasteiger partial charge in [0.05, 0.1) is 22.8 Å². The summed E-state index contributed by atoms with van der Waals surface area (Å²) in [6.45, 7) is 2.56. The molecule has 6 heteroatoms. The Morgan fingerprint density at radius 1 is 0.750 bits per heavy atom. The second-order valence-electron chi connectivity index (χ2n) is 7.83. The van der Waals surface area contributed by atoms with Crippen molar-refractivity contribution in [3.8, 4) is 5.75 Å². The van der Waals surface area contributed by atoms with Gasteiger partial charge in [-0.2, -0.15) is 0 Å². The van der Waals surface area contributed by atoms with Gasteiger partial charge < -0.3 is 9.47 Å². The average molecular weight is 479 g/mol. The minimum absolute atomic E-state index is 0.122. The van der Waals surface area contributed by atoms with E-state index in [1.807, 2.05) is 0 Å². The number of carbonyl (C=O) groups is 2. The van der Waals surface area contributed by atoms with Gasteiger partial charge in [0.2, 0.25) is 0 Å². The molecule has 0 heterocycles. The van der Waals surface area contributed by atoms with Gasteiger partial charge in [0, 0.05) is 11.1 Å². The lowest BCUT2D eigenvalue weighted by molar-refractivity contribution is 0.0489. The number of halogens is 2. The van der Waals surface area contributed by atoms with Crippen LogP contribution in [-0.2, 0) is 4.74 Å². The largest absolute Gasteiger partial charge is 0.462 e. The minimum Gasteiger partial charge on any atom is -0.462 e. The van der Waals surface area contributed by atoms with Crippen LogP contribution in [0.4, 0.5) is 0 Å². The van der Waals surface area contributed by atoms with Crippen LogP contribution in [0.25, 0.3) is 0 Å². The van der Waals surface area contributed by atoms with E-state index in [0.717, 1.165) is 19.3 Å². The maximum atomic E-state index is 12.6. The molecule has 0 spiro atoms. The molecule has 32 heavy (non-hydrogen) atoms. The van der Waals surface area contributed by atoms with Crippen LogP contribution in [0.5, 0.6) is 5.75 Å². The van der Waals surface area contributed by atoms with Crippen LogP contribution in [0.2, 0.25) is 10.0 Å². The fraction of sp³-hybridized carbons (Fsp3) is 0.462. The van der Waals surface area contributed by atoms with Gasteiger partial charge in [-0.15, -0.1) is 0 Å². The first-order valence-corrected chi connectivity index (χ1v) is 12.2. The summed E-state index contributed by atoms with van der Waals surface area (Å²) >= 11 is 12.0. The van der Waals surface area contributed by atoms with E-state index in [9.17, 15) is 9.59 Å². The number of rotatable bonds is 14. The van der Waals surface area contributed by atoms with Crippen molar-refractivity contribution in [1.29, 1.82) is 0 Å². The topological polar surface area (TPSA) is 52.6 Å². The highest BCUT2D eigenvalue weighted by Crippen LogP contribution is 2.28. The summed E-state index contributed by atoms with van der Waals surface area (Å²) in [5.41, 5.74) is 0.291. The Morgan fingerprint density at radius 2 is 1.31 bits per heavy atom. The van der Waals surface area contributed by atoms with Crippen LogP contribution in [0, 0.1) is 0 Å². The van der Waals surface area contributed by atoms with Gasteiger partial charge in [0.25, 0.3) is 0 Å². The Balaban J connectivity index is 1.76. The number of esters is 2. The highest BCUT2D eigenvalue weighted by molar-refractivity contribution is 6.34. The molecule has 0 unspecified atom stereocenters. The Labute approximate surface area is 201 Å². The van der Waals surface area contributed by atoms with E-state index in [1.165, 1.54) is 57.1 Å². The fourth-order valence-electron chi connectivity index (χ4n) is 3.38. The molecular formula is C26H32Cl2O4. The van der Waals surface area contributed by atoms with Crippen molar-refractivity contribution in [2.75, 3.05) is 6.61 Å². The fourth-order valence-corrected chi connectivity index (χ4v) is 3.70. The lowest BCUT2D eigenvalue weighted by atomic mass is 10.1. The van der Waals surface area contributed by atoms with E-state index in [-0.39, 0.29) is 21.9 Å². The number of benzene rings is 2. The van der Waals surface area contributed by atoms with E-state index in [1.54, 1.807) is 30.3 Å². The predicted octanol–water partition coefficient (Wildman–Crippen LogP) is 8.29. The van der Waals surface area contributed by atoms with Gasteiger partial charge in [-0.25, -0.2) is 9.59 Å². The quantitative estimate of drug-likeness (QED) is 0.155. The highest BCUT2D eigenvalue weighted by Gasteiger charge is 2.20. The molecule has 4 nitrogen and oxygen atoms in total. The van der Waals surface area contributed by atoms with Crippen molar-refractivity contribution in [3.63, 3.8) is 0 Å². The predicted molar refractivity (Wildman–Crippen MR) is 130 cm³/mol. The Morgan fingerprint density at radius 3 is 1.94 bits per heavy atom. The SMILES string of the molecule is CCCCCCCCCCCCOC(=O)c1ccccc1C(=O)Oc1cc(Cl)ccc1Cl. The smallest absolute Gasteiger partial charge is 0.344 e. The molecule has 174 valence electrons. The van der Waals surface area contributed by atoms with E-state index in [0.29, 0.717) is 11.6 Å². The van der Waals surface area contributed by atoms with Crippen molar-refractivity contribution in [2.24, 2.45) is 0 Å². The zero-order valence-electron chi connectivity index (χ0n) is 18.7. The summed E-state index contributed by atoms with van der Waals surface area (Å²) in [4.78, 5) is 25.2. The Bertz CT molecular complexity index is 867. The summed E-state index contributed by atoms with van der Waals surface area (Å²) in [6, 6.07) is 11.0. The van der Waals surface area contributed by atoms with Crippen molar-refractivity contribution >= 4 is 35.1 Å². The molecule has 0 aliphatic heterocycles. The molecule has 0 atom stereocenters. The van der Waals surface area contributed by atoms with Crippen LogP contribution in [-0.4, -0.2) is 18.5 Å². The Kier molecular flexibility index (Phi) is 12.2. The van der Waals surface area contributed by atoms with Crippen LogP contribution >= 0.6 is 23.2 Å². The molecule has 0 bridgehead atoms. The lowest BCUT2D eigenvalue weighted by Gasteiger charge is -2.10. The third-order valence-corrected chi connectivity index (χ3v) is 5.74. The molecule has 2 aromatic rings. The molecule has 0 N–H and O–H groups in total. The van der Waals surface area contributed by atoms with E-state index < -0.39 is 11.9 Å². The van der Waals surface area contributed by atoms with Crippen LogP contribution in [0.3, 0.4) is 0 Å². The van der Waals surface area contributed by atoms with Gasteiger partial charge in [0.15, 0.2) is 5.75 Å². The molecule has 0 saturated carbocycles. The van der Waals surface area contributed by atoms with E-state index in [4.69, 9.17) is 32.7 Å². The maximum absolute atomic E-state index is 12.6. The Hall–Kier alpha value is -2.04. The minimum atomic E-state index is -0.694. The number of hydrogen-bond donors (Lipinski definition) is 0. The summed E-state index contributed by atoms with van der Waals surface area (Å²) in [5.74, 6) is -1.09. The van der Waals surface area contributed by atoms with Crippen molar-refractivity contribution in [1.82, 2.24) is 0 Å². The molecule has 0 aliphatic rings. The van der Waals surface area contributed by atoms with Gasteiger partial charge in [-0.3, -0.25) is 0 Å². The number of hydrogen-bond acceptors (Lipinski definition) is 4. The van der Waals surface area contributed by atoms with Gasteiger partial charge >= 0.3 is 11.9 Å². The van der Waals surface area contributed by atoms with E-state index in [2.05, 4.69) is 6.92 Å². The summed E-state index contributed by atoms with van der Waals surface area (Å²) in [6.07, 6.45) is 12.1. The second-order valence-corrected chi connectivity index (χ2v) is 8.67. The summed E-state index contributed by atoms with van der Waals surface area (Å²) in [7, 11) is 0. The standard InChI is InChI=1S/C26H32Cl2O4/c1-2-3-4-5-6-7-8-9-10-13-18-31-25(29)21-14-11-12-15-22(21)26(30)32-24-19-20(27)16-17-23(24)28/h11-12,14-17,19H,2-10,13,18H2,1H3. The number of unbranched alkanes of at least 4 members (excludes halogenated alkanes) is 9. The molecular weight excluding hydrogens is 447 g/mol. The van der Waals surface area contributed by atoms with Crippen LogP contribution in [0.15, 0.2) is 42.5 Å². The molecule has 0 aromatic heterocycles. The number of ether oxygens (including phenoxy) is 2. The zero-order valence-corrected chi connectivity index (χ0v) is 20.2. The molecule has 0 saturated heterocycles. The van der Waals surface area contributed by atoms with Crippen LogP contribution in [0.1, 0.15) is 91.8 Å². The first-order valence-electron chi connectivity index (χ1n) is 11.5. The van der Waals surface area contributed by atoms with Gasteiger partial charge in [-0.05, 0) is 30.7 Å². The normalized spacial score (nSPS) is 10.7. The summed E-state index contributed by atoms with van der Waals surface area (Å²) in [5, 5.41) is 0.644. The third kappa shape index (κ3) is 9.22. The molecule has 0 amide bonds. The van der Waals surface area contributed by atoms with Crippen LogP contribution < -0.4 is 4.74 Å². The molecule has 0 aliphatic carbocycles. The third-order valence-electron chi connectivity index (χ3n) is 5.19. The van der Waals surface area contributed by atoms with Crippen molar-refractivity contribution < 1.29 is 19.1 Å². The first-order chi connectivity index (χ1) is 15.5. The van der Waals surface area contributed by atoms with Gasteiger partial charge in [-0.1, -0.05) is 100 Å². The summed E-state index contributed by atoms with van der Waals surface area (Å²) < 4.78 is 10.7. The van der Waals surface area contributed by atoms with Gasteiger partial charge in [0.1, 0.15) is 0 Å². The van der Waals surface area contributed by atoms with E-state index >= 15 is 0 Å². The molecule has 0 fully saturated rings. The second kappa shape index (κ2) is 14.9. The lowest BCUT2D eigenvalue weighted by Crippen LogP contribution is -2.16. The molecule has 2 aromatic carbocycles. The van der Waals surface area contributed by atoms with Crippen molar-refractivity contribution in [3.05, 3.63) is 63.6 Å². The first kappa shape index (κ1) is 26.2. The average Bonchev–Trinajstić information content (AvgIpc) is 2.79. The molecule has 0 radical (unpaired) electrons. The van der Waals surface area contributed by atoms with Crippen molar-refractivity contribution in [2.45, 2.75) is 71.1 Å². The molecule has 2 rings (SSSR count). The highest BCUT2D eigenvalue weighted by atomic mass is 35.5. The maximum Gasteiger partial charge on any atom is 0.344 e.